The van der Waals surface area contributed by atoms with Crippen molar-refractivity contribution in [3.63, 3.8) is 0 Å². The molecule has 0 aromatic rings. The third-order valence-corrected chi connectivity index (χ3v) is 7.63. The van der Waals surface area contributed by atoms with Gasteiger partial charge in [-0.3, -0.25) is 9.59 Å². The molecule has 0 amide bonds. The van der Waals surface area contributed by atoms with Crippen LogP contribution in [0.15, 0.2) is 0 Å². The lowest BCUT2D eigenvalue weighted by Gasteiger charge is -2.28. The molecule has 0 aromatic heterocycles. The summed E-state index contributed by atoms with van der Waals surface area (Å²) in [5.74, 6) is 1.49. The molecule has 0 aliphatic heterocycles. The first kappa shape index (κ1) is 27.2. The van der Waals surface area contributed by atoms with E-state index in [0.29, 0.717) is 25.7 Å². The molecule has 186 valence electrons. The number of carbonyl (C=O) groups excluding carboxylic acids is 2. The molecule has 2 fully saturated rings. The molecule has 0 radical (unpaired) electrons. The van der Waals surface area contributed by atoms with Gasteiger partial charge < -0.3 is 9.47 Å². The van der Waals surface area contributed by atoms with E-state index in [1.54, 1.807) is 0 Å². The molecular formula is C28H50O4. The molecule has 0 atom stereocenters. The maximum absolute atomic E-state index is 12.2. The second-order valence-corrected chi connectivity index (χ2v) is 10.5. The zero-order valence-electron chi connectivity index (χ0n) is 21.1. The summed E-state index contributed by atoms with van der Waals surface area (Å²) in [6, 6.07) is 0. The zero-order valence-corrected chi connectivity index (χ0v) is 21.1. The minimum absolute atomic E-state index is 0.0887. The number of unbranched alkanes of at least 4 members (excludes halogenated alkanes) is 5. The van der Waals surface area contributed by atoms with Gasteiger partial charge in [0.2, 0.25) is 0 Å². The monoisotopic (exact) mass is 450 g/mol. The van der Waals surface area contributed by atoms with E-state index >= 15 is 0 Å². The Balaban J connectivity index is 1.46. The van der Waals surface area contributed by atoms with E-state index in [2.05, 4.69) is 13.8 Å². The van der Waals surface area contributed by atoms with Crippen LogP contribution in [-0.4, -0.2) is 24.1 Å². The smallest absolute Gasteiger partial charge is 0.306 e. The van der Waals surface area contributed by atoms with Crippen LogP contribution in [0.1, 0.15) is 142 Å². The van der Waals surface area contributed by atoms with E-state index in [1.807, 2.05) is 0 Å². The van der Waals surface area contributed by atoms with E-state index in [-0.39, 0.29) is 24.1 Å². The topological polar surface area (TPSA) is 52.6 Å². The molecule has 0 unspecified atom stereocenters. The second kappa shape index (κ2) is 16.5. The Labute approximate surface area is 197 Å². The lowest BCUT2D eigenvalue weighted by Crippen LogP contribution is -2.25. The van der Waals surface area contributed by atoms with Crippen LogP contribution in [-0.2, 0) is 19.1 Å². The van der Waals surface area contributed by atoms with Crippen molar-refractivity contribution in [3.05, 3.63) is 0 Å². The van der Waals surface area contributed by atoms with Gasteiger partial charge in [-0.2, -0.15) is 0 Å². The highest BCUT2D eigenvalue weighted by Crippen LogP contribution is 2.31. The maximum Gasteiger partial charge on any atom is 0.306 e. The Bertz CT molecular complexity index is 456. The molecule has 4 heteroatoms. The fourth-order valence-electron chi connectivity index (χ4n) is 5.47. The van der Waals surface area contributed by atoms with Gasteiger partial charge in [0, 0.05) is 12.8 Å². The van der Waals surface area contributed by atoms with Crippen LogP contribution in [0, 0.1) is 11.8 Å². The van der Waals surface area contributed by atoms with Crippen molar-refractivity contribution in [1.82, 2.24) is 0 Å². The van der Waals surface area contributed by atoms with Crippen LogP contribution in [0.3, 0.4) is 0 Å². The van der Waals surface area contributed by atoms with Crippen molar-refractivity contribution >= 4 is 11.9 Å². The molecule has 2 saturated carbocycles. The lowest BCUT2D eigenvalue weighted by atomic mass is 9.84. The molecule has 4 nitrogen and oxygen atoms in total. The normalized spacial score (nSPS) is 25.9. The molecule has 2 aliphatic rings. The summed E-state index contributed by atoms with van der Waals surface area (Å²) >= 11 is 0. The Morgan fingerprint density at radius 3 is 1.28 bits per heavy atom. The van der Waals surface area contributed by atoms with Gasteiger partial charge in [-0.1, -0.05) is 65.2 Å². The molecule has 0 heterocycles. The Morgan fingerprint density at radius 2 is 0.938 bits per heavy atom. The largest absolute Gasteiger partial charge is 0.462 e. The van der Waals surface area contributed by atoms with Gasteiger partial charge >= 0.3 is 11.9 Å². The molecule has 0 saturated heterocycles. The molecule has 2 aliphatic carbocycles. The third kappa shape index (κ3) is 11.7. The number of hydrogen-bond acceptors (Lipinski definition) is 4. The highest BCUT2D eigenvalue weighted by Gasteiger charge is 2.25. The number of esters is 2. The van der Waals surface area contributed by atoms with E-state index < -0.39 is 0 Å². The highest BCUT2D eigenvalue weighted by atomic mass is 16.5. The van der Waals surface area contributed by atoms with Gasteiger partial charge in [0.25, 0.3) is 0 Å². The lowest BCUT2D eigenvalue weighted by molar-refractivity contribution is -0.153. The Kier molecular flexibility index (Phi) is 14.0. The second-order valence-electron chi connectivity index (χ2n) is 10.5. The van der Waals surface area contributed by atoms with Gasteiger partial charge in [-0.05, 0) is 76.0 Å². The van der Waals surface area contributed by atoms with E-state index in [0.717, 1.165) is 37.5 Å². The van der Waals surface area contributed by atoms with Gasteiger partial charge in [-0.15, -0.1) is 0 Å². The van der Waals surface area contributed by atoms with E-state index in [9.17, 15) is 9.59 Å². The number of ether oxygens (including phenoxy) is 2. The molecule has 2 rings (SSSR count). The highest BCUT2D eigenvalue weighted by molar-refractivity contribution is 5.70. The summed E-state index contributed by atoms with van der Waals surface area (Å²) in [6.07, 6.45) is 22.0. The number of rotatable bonds is 15. The van der Waals surface area contributed by atoms with Crippen LogP contribution in [0.4, 0.5) is 0 Å². The first-order valence-electron chi connectivity index (χ1n) is 14.0. The van der Waals surface area contributed by atoms with Crippen molar-refractivity contribution in [3.8, 4) is 0 Å². The maximum atomic E-state index is 12.2. The van der Waals surface area contributed by atoms with Crippen LogP contribution < -0.4 is 0 Å². The predicted molar refractivity (Wildman–Crippen MR) is 130 cm³/mol. The van der Waals surface area contributed by atoms with Crippen LogP contribution in [0.25, 0.3) is 0 Å². The molecular weight excluding hydrogens is 400 g/mol. The molecule has 0 bridgehead atoms. The van der Waals surface area contributed by atoms with Gasteiger partial charge in [0.05, 0.1) is 0 Å². The average Bonchev–Trinajstić information content (AvgIpc) is 2.79. The summed E-state index contributed by atoms with van der Waals surface area (Å²) in [4.78, 5) is 24.3. The van der Waals surface area contributed by atoms with Gasteiger partial charge in [-0.25, -0.2) is 0 Å². The molecule has 32 heavy (non-hydrogen) atoms. The number of carbonyl (C=O) groups is 2. The summed E-state index contributed by atoms with van der Waals surface area (Å²) < 4.78 is 11.4. The van der Waals surface area contributed by atoms with Crippen LogP contribution in [0.5, 0.6) is 0 Å². The Morgan fingerprint density at radius 1 is 0.562 bits per heavy atom. The minimum Gasteiger partial charge on any atom is -0.462 e. The fraction of sp³-hybridized carbons (Fsp3) is 0.929. The minimum atomic E-state index is -0.0887. The molecule has 0 N–H and O–H groups in total. The molecule has 0 aromatic carbocycles. The van der Waals surface area contributed by atoms with Crippen LogP contribution in [0.2, 0.25) is 0 Å². The Hall–Kier alpha value is -1.06. The summed E-state index contributed by atoms with van der Waals surface area (Å²) in [5, 5.41) is 0. The average molecular weight is 451 g/mol. The molecule has 0 spiro atoms. The van der Waals surface area contributed by atoms with Crippen molar-refractivity contribution in [2.75, 3.05) is 0 Å². The van der Waals surface area contributed by atoms with Crippen molar-refractivity contribution < 1.29 is 19.1 Å². The van der Waals surface area contributed by atoms with Gasteiger partial charge in [0.1, 0.15) is 12.2 Å². The fourth-order valence-corrected chi connectivity index (χ4v) is 5.47. The first-order chi connectivity index (χ1) is 15.6. The SMILES string of the molecule is CCCCCC1CCC(OC(=O)CCCCC(=O)OC2CCC(CCCCC)CC2)CC1. The van der Waals surface area contributed by atoms with Crippen LogP contribution >= 0.6 is 0 Å². The quantitative estimate of drug-likeness (QED) is 0.188. The number of hydrogen-bond donors (Lipinski definition) is 0. The third-order valence-electron chi connectivity index (χ3n) is 7.63. The predicted octanol–water partition coefficient (Wildman–Crippen LogP) is 7.91. The summed E-state index contributed by atoms with van der Waals surface area (Å²) in [7, 11) is 0. The van der Waals surface area contributed by atoms with E-state index in [4.69, 9.17) is 9.47 Å². The first-order valence-corrected chi connectivity index (χ1v) is 14.0. The summed E-state index contributed by atoms with van der Waals surface area (Å²) in [6.45, 7) is 4.50. The standard InChI is InChI=1S/C28H50O4/c1-3-5-7-11-23-15-19-25(20-16-23)31-27(29)13-9-10-14-28(30)32-26-21-17-24(18-22-26)12-8-6-4-2/h23-26H,3-22H2,1-2H3. The summed E-state index contributed by atoms with van der Waals surface area (Å²) in [5.41, 5.74) is 0. The van der Waals surface area contributed by atoms with Crippen molar-refractivity contribution in [1.29, 1.82) is 0 Å². The van der Waals surface area contributed by atoms with Gasteiger partial charge in [0.15, 0.2) is 0 Å². The van der Waals surface area contributed by atoms with Crippen molar-refractivity contribution in [2.24, 2.45) is 11.8 Å². The van der Waals surface area contributed by atoms with E-state index in [1.165, 1.54) is 77.0 Å². The zero-order chi connectivity index (χ0) is 23.0. The van der Waals surface area contributed by atoms with Crippen molar-refractivity contribution in [2.45, 2.75) is 154 Å².